The van der Waals surface area contributed by atoms with Gasteiger partial charge in [0, 0.05) is 18.0 Å². The number of nitrogens with two attached hydrogens (primary N) is 1. The topological polar surface area (TPSA) is 88.3 Å². The minimum absolute atomic E-state index is 0.0423. The van der Waals surface area contributed by atoms with Crippen LogP contribution < -0.4 is 11.3 Å². The van der Waals surface area contributed by atoms with Crippen molar-refractivity contribution in [2.45, 2.75) is 39.2 Å². The summed E-state index contributed by atoms with van der Waals surface area (Å²) in [6.45, 7) is 5.20. The van der Waals surface area contributed by atoms with E-state index >= 15 is 0 Å². The Labute approximate surface area is 130 Å². The molecular weight excluding hydrogens is 308 g/mol. The third-order valence-electron chi connectivity index (χ3n) is 3.98. The molecule has 1 aliphatic rings. The number of hydrazine groups is 1. The maximum absolute atomic E-state index is 11.7. The minimum atomic E-state index is -3.10. The highest BCUT2D eigenvalue weighted by Gasteiger charge is 2.28. The Hall–Kier alpha value is -0.540. The van der Waals surface area contributed by atoms with Crippen LogP contribution in [0, 0.1) is 19.8 Å². The molecule has 1 aliphatic heterocycles. The standard InChI is InChI=1S/C13H24N4O2S2/c1-9-13(20-10(2)15-9)12(16-14)7-11-5-4-6-17(8-11)21(3,18)19/h11-12,16H,4-8,14H2,1-3H3. The number of nitrogens with one attached hydrogen (secondary N) is 1. The Balaban J connectivity index is 2.07. The van der Waals surface area contributed by atoms with E-state index < -0.39 is 10.0 Å². The second-order valence-corrected chi connectivity index (χ2v) is 8.98. The summed E-state index contributed by atoms with van der Waals surface area (Å²) in [6, 6.07) is 0.0423. The number of hydrogen-bond donors (Lipinski definition) is 2. The van der Waals surface area contributed by atoms with Crippen LogP contribution >= 0.6 is 11.3 Å². The van der Waals surface area contributed by atoms with E-state index in [9.17, 15) is 8.42 Å². The van der Waals surface area contributed by atoms with Crippen LogP contribution in [0.5, 0.6) is 0 Å². The Morgan fingerprint density at radius 1 is 1.52 bits per heavy atom. The Morgan fingerprint density at radius 2 is 2.24 bits per heavy atom. The van der Waals surface area contributed by atoms with Crippen molar-refractivity contribution in [1.82, 2.24) is 14.7 Å². The molecule has 0 amide bonds. The van der Waals surface area contributed by atoms with Crippen LogP contribution in [0.3, 0.4) is 0 Å². The molecule has 8 heteroatoms. The lowest BCUT2D eigenvalue weighted by Crippen LogP contribution is -2.41. The third-order valence-corrected chi connectivity index (χ3v) is 6.43. The summed E-state index contributed by atoms with van der Waals surface area (Å²) in [5.41, 5.74) is 3.89. The van der Waals surface area contributed by atoms with Gasteiger partial charge in [-0.2, -0.15) is 0 Å². The predicted molar refractivity (Wildman–Crippen MR) is 85.4 cm³/mol. The van der Waals surface area contributed by atoms with Gasteiger partial charge in [-0.1, -0.05) is 0 Å². The number of nitrogens with zero attached hydrogens (tertiary/aromatic N) is 2. The van der Waals surface area contributed by atoms with Crippen LogP contribution in [0.2, 0.25) is 0 Å². The monoisotopic (exact) mass is 332 g/mol. The summed E-state index contributed by atoms with van der Waals surface area (Å²) in [7, 11) is -3.10. The van der Waals surface area contributed by atoms with E-state index in [1.54, 1.807) is 15.6 Å². The number of sulfonamides is 1. The molecular formula is C13H24N4O2S2. The fourth-order valence-electron chi connectivity index (χ4n) is 2.97. The van der Waals surface area contributed by atoms with Crippen molar-refractivity contribution in [3.05, 3.63) is 15.6 Å². The molecule has 0 aromatic carbocycles. The van der Waals surface area contributed by atoms with E-state index in [1.165, 1.54) is 6.26 Å². The fourth-order valence-corrected chi connectivity index (χ4v) is 4.92. The minimum Gasteiger partial charge on any atom is -0.271 e. The SMILES string of the molecule is Cc1nc(C)c(C(CC2CCCN(S(C)(=O)=O)C2)NN)s1. The number of piperidine rings is 1. The first-order valence-corrected chi connectivity index (χ1v) is 9.83. The molecule has 0 aliphatic carbocycles. The van der Waals surface area contributed by atoms with Crippen LogP contribution in [0.15, 0.2) is 0 Å². The number of aromatic nitrogens is 1. The lowest BCUT2D eigenvalue weighted by atomic mass is 9.92. The van der Waals surface area contributed by atoms with Gasteiger partial charge in [-0.3, -0.25) is 11.3 Å². The Kier molecular flexibility index (Phi) is 5.37. The van der Waals surface area contributed by atoms with Crippen molar-refractivity contribution < 1.29 is 8.42 Å². The van der Waals surface area contributed by atoms with Gasteiger partial charge in [-0.05, 0) is 39.0 Å². The quantitative estimate of drug-likeness (QED) is 0.627. The molecule has 2 unspecified atom stereocenters. The van der Waals surface area contributed by atoms with E-state index in [4.69, 9.17) is 5.84 Å². The first-order chi connectivity index (χ1) is 9.81. The summed E-state index contributed by atoms with van der Waals surface area (Å²) in [6.07, 6.45) is 4.08. The molecule has 1 fully saturated rings. The largest absolute Gasteiger partial charge is 0.271 e. The number of hydrogen-bond acceptors (Lipinski definition) is 6. The molecule has 1 aromatic rings. The van der Waals surface area contributed by atoms with Crippen molar-refractivity contribution >= 4 is 21.4 Å². The molecule has 2 atom stereocenters. The third kappa shape index (κ3) is 4.23. The Bertz CT molecular complexity index is 585. The van der Waals surface area contributed by atoms with Gasteiger partial charge in [0.25, 0.3) is 0 Å². The lowest BCUT2D eigenvalue weighted by Gasteiger charge is -2.32. The molecule has 120 valence electrons. The van der Waals surface area contributed by atoms with Gasteiger partial charge in [-0.15, -0.1) is 11.3 Å². The van der Waals surface area contributed by atoms with E-state index in [0.717, 1.165) is 34.8 Å². The molecule has 2 heterocycles. The molecule has 3 N–H and O–H groups in total. The smallest absolute Gasteiger partial charge is 0.211 e. The average Bonchev–Trinajstić information content (AvgIpc) is 2.74. The first kappa shape index (κ1) is 16.8. The summed E-state index contributed by atoms with van der Waals surface area (Å²) in [5, 5.41) is 1.03. The van der Waals surface area contributed by atoms with Crippen molar-refractivity contribution in [1.29, 1.82) is 0 Å². The summed E-state index contributed by atoms with van der Waals surface area (Å²) < 4.78 is 25.0. The van der Waals surface area contributed by atoms with E-state index in [0.29, 0.717) is 19.0 Å². The molecule has 21 heavy (non-hydrogen) atoms. The van der Waals surface area contributed by atoms with Gasteiger partial charge >= 0.3 is 0 Å². The molecule has 0 bridgehead atoms. The highest BCUT2D eigenvalue weighted by atomic mass is 32.2. The summed E-state index contributed by atoms with van der Waals surface area (Å²) in [5.74, 6) is 6.05. The van der Waals surface area contributed by atoms with Gasteiger partial charge in [-0.25, -0.2) is 17.7 Å². The highest BCUT2D eigenvalue weighted by Crippen LogP contribution is 2.32. The molecule has 0 saturated carbocycles. The highest BCUT2D eigenvalue weighted by molar-refractivity contribution is 7.88. The summed E-state index contributed by atoms with van der Waals surface area (Å²) in [4.78, 5) is 5.60. The van der Waals surface area contributed by atoms with Crippen molar-refractivity contribution in [2.24, 2.45) is 11.8 Å². The van der Waals surface area contributed by atoms with Crippen molar-refractivity contribution in [3.63, 3.8) is 0 Å². The molecule has 2 rings (SSSR count). The maximum atomic E-state index is 11.7. The second kappa shape index (κ2) is 6.70. The maximum Gasteiger partial charge on any atom is 0.211 e. The van der Waals surface area contributed by atoms with E-state index in [2.05, 4.69) is 10.4 Å². The van der Waals surface area contributed by atoms with Gasteiger partial charge in [0.15, 0.2) is 0 Å². The number of rotatable bonds is 5. The average molecular weight is 332 g/mol. The van der Waals surface area contributed by atoms with Gasteiger partial charge < -0.3 is 0 Å². The normalized spacial score (nSPS) is 22.4. The van der Waals surface area contributed by atoms with Crippen LogP contribution in [0.25, 0.3) is 0 Å². The summed E-state index contributed by atoms with van der Waals surface area (Å²) >= 11 is 1.66. The molecule has 1 aromatic heterocycles. The molecule has 0 radical (unpaired) electrons. The van der Waals surface area contributed by atoms with Gasteiger partial charge in [0.1, 0.15) is 0 Å². The first-order valence-electron chi connectivity index (χ1n) is 7.16. The zero-order valence-corrected chi connectivity index (χ0v) is 14.4. The van der Waals surface area contributed by atoms with Gasteiger partial charge in [0.05, 0.1) is 23.0 Å². The number of aryl methyl sites for hydroxylation is 2. The van der Waals surface area contributed by atoms with Crippen LogP contribution in [0.4, 0.5) is 0 Å². The van der Waals surface area contributed by atoms with Crippen molar-refractivity contribution in [2.75, 3.05) is 19.3 Å². The van der Waals surface area contributed by atoms with Crippen LogP contribution in [-0.4, -0.2) is 37.1 Å². The fraction of sp³-hybridized carbons (Fsp3) is 0.769. The lowest BCUT2D eigenvalue weighted by molar-refractivity contribution is 0.239. The van der Waals surface area contributed by atoms with Crippen LogP contribution in [0.1, 0.15) is 40.9 Å². The number of thiazole rings is 1. The predicted octanol–water partition coefficient (Wildman–Crippen LogP) is 1.33. The van der Waals surface area contributed by atoms with E-state index in [1.807, 2.05) is 13.8 Å². The Morgan fingerprint density at radius 3 is 2.76 bits per heavy atom. The van der Waals surface area contributed by atoms with Gasteiger partial charge in [0.2, 0.25) is 10.0 Å². The molecule has 0 spiro atoms. The molecule has 6 nitrogen and oxygen atoms in total. The second-order valence-electron chi connectivity index (χ2n) is 5.77. The van der Waals surface area contributed by atoms with Crippen molar-refractivity contribution in [3.8, 4) is 0 Å². The van der Waals surface area contributed by atoms with E-state index in [-0.39, 0.29) is 6.04 Å². The zero-order valence-electron chi connectivity index (χ0n) is 12.8. The zero-order chi connectivity index (χ0) is 15.6. The van der Waals surface area contributed by atoms with Crippen LogP contribution in [-0.2, 0) is 10.0 Å². The molecule has 1 saturated heterocycles.